The first-order valence-electron chi connectivity index (χ1n) is 8.54. The second kappa shape index (κ2) is 6.29. The number of aromatic nitrogens is 3. The van der Waals surface area contributed by atoms with Gasteiger partial charge in [0, 0.05) is 38.1 Å². The van der Waals surface area contributed by atoms with Gasteiger partial charge in [0.15, 0.2) is 15.5 Å². The van der Waals surface area contributed by atoms with E-state index in [0.717, 1.165) is 5.56 Å². The van der Waals surface area contributed by atoms with Gasteiger partial charge in [0.05, 0.1) is 23.7 Å². The van der Waals surface area contributed by atoms with Crippen LogP contribution in [0, 0.1) is 0 Å². The van der Waals surface area contributed by atoms with Crippen molar-refractivity contribution in [2.24, 2.45) is 0 Å². The summed E-state index contributed by atoms with van der Waals surface area (Å²) in [6.07, 6.45) is 5.30. The molecule has 140 valence electrons. The number of carbonyl (C=O) groups is 1. The van der Waals surface area contributed by atoms with E-state index >= 15 is 0 Å². The number of hydrogen-bond donors (Lipinski definition) is 1. The SMILES string of the molecule is CN1CCN(C(=O)c2cnn3cc(CCO)cnc23)[C@H]2CS(=O)(=O)C[C@H]21. The van der Waals surface area contributed by atoms with Gasteiger partial charge in [0.2, 0.25) is 0 Å². The fraction of sp³-hybridized carbons (Fsp3) is 0.562. The van der Waals surface area contributed by atoms with Gasteiger partial charge in [-0.3, -0.25) is 9.69 Å². The Bertz CT molecular complexity index is 957. The summed E-state index contributed by atoms with van der Waals surface area (Å²) in [5.41, 5.74) is 1.63. The Labute approximate surface area is 151 Å². The van der Waals surface area contributed by atoms with Crippen LogP contribution in [0.1, 0.15) is 15.9 Å². The highest BCUT2D eigenvalue weighted by molar-refractivity contribution is 7.91. The van der Waals surface area contributed by atoms with Gasteiger partial charge in [-0.25, -0.2) is 17.9 Å². The minimum absolute atomic E-state index is 0.00103. The van der Waals surface area contributed by atoms with Crippen molar-refractivity contribution >= 4 is 21.4 Å². The molecule has 1 amide bonds. The number of rotatable bonds is 3. The Balaban J connectivity index is 1.66. The maximum atomic E-state index is 13.1. The molecule has 2 aliphatic heterocycles. The summed E-state index contributed by atoms with van der Waals surface area (Å²) >= 11 is 0. The molecule has 2 atom stereocenters. The Morgan fingerprint density at radius 2 is 2.04 bits per heavy atom. The zero-order valence-electron chi connectivity index (χ0n) is 14.4. The van der Waals surface area contributed by atoms with E-state index in [1.54, 1.807) is 17.3 Å². The Kier molecular flexibility index (Phi) is 4.20. The fourth-order valence-electron chi connectivity index (χ4n) is 3.86. The maximum Gasteiger partial charge on any atom is 0.259 e. The van der Waals surface area contributed by atoms with Gasteiger partial charge in [-0.05, 0) is 19.0 Å². The first-order valence-corrected chi connectivity index (χ1v) is 10.4. The molecule has 9 nitrogen and oxygen atoms in total. The largest absolute Gasteiger partial charge is 0.396 e. The molecular weight excluding hydrogens is 358 g/mol. The second-order valence-corrected chi connectivity index (χ2v) is 9.11. The van der Waals surface area contributed by atoms with Crippen molar-refractivity contribution in [1.82, 2.24) is 24.4 Å². The molecule has 2 fully saturated rings. The highest BCUT2D eigenvalue weighted by Gasteiger charge is 2.47. The molecule has 4 rings (SSSR count). The molecule has 0 radical (unpaired) electrons. The average molecular weight is 379 g/mol. The monoisotopic (exact) mass is 379 g/mol. The third kappa shape index (κ3) is 2.87. The minimum atomic E-state index is -3.15. The predicted molar refractivity (Wildman–Crippen MR) is 93.7 cm³/mol. The van der Waals surface area contributed by atoms with Gasteiger partial charge in [-0.2, -0.15) is 5.10 Å². The molecule has 0 spiro atoms. The maximum absolute atomic E-state index is 13.1. The first kappa shape index (κ1) is 17.4. The number of piperazine rings is 1. The van der Waals surface area contributed by atoms with E-state index in [4.69, 9.17) is 5.11 Å². The van der Waals surface area contributed by atoms with Crippen molar-refractivity contribution in [1.29, 1.82) is 0 Å². The molecule has 0 unspecified atom stereocenters. The van der Waals surface area contributed by atoms with Crippen molar-refractivity contribution in [2.45, 2.75) is 18.5 Å². The van der Waals surface area contributed by atoms with Gasteiger partial charge in [0.25, 0.3) is 5.91 Å². The molecular formula is C16H21N5O4S. The zero-order valence-corrected chi connectivity index (χ0v) is 15.3. The number of carbonyl (C=O) groups excluding carboxylic acids is 1. The lowest BCUT2D eigenvalue weighted by atomic mass is 10.0. The summed E-state index contributed by atoms with van der Waals surface area (Å²) in [6.45, 7) is 1.13. The van der Waals surface area contributed by atoms with Gasteiger partial charge >= 0.3 is 0 Å². The zero-order chi connectivity index (χ0) is 18.5. The van der Waals surface area contributed by atoms with Crippen molar-refractivity contribution in [2.75, 3.05) is 38.2 Å². The summed E-state index contributed by atoms with van der Waals surface area (Å²) in [5.74, 6) is -0.140. The third-order valence-corrected chi connectivity index (χ3v) is 6.95. The summed E-state index contributed by atoms with van der Waals surface area (Å²) in [5, 5.41) is 13.2. The number of aliphatic hydroxyl groups is 1. The third-order valence-electron chi connectivity index (χ3n) is 5.26. The van der Waals surface area contributed by atoms with Crippen LogP contribution >= 0.6 is 0 Å². The average Bonchev–Trinajstić information content (AvgIpc) is 3.15. The van der Waals surface area contributed by atoms with Crippen LogP contribution in [-0.2, 0) is 16.3 Å². The van der Waals surface area contributed by atoms with Crippen molar-refractivity contribution in [3.05, 3.63) is 29.7 Å². The number of sulfone groups is 1. The lowest BCUT2D eigenvalue weighted by Crippen LogP contribution is -2.59. The molecule has 0 saturated carbocycles. The number of aliphatic hydroxyl groups excluding tert-OH is 1. The van der Waals surface area contributed by atoms with Gasteiger partial charge in [0.1, 0.15) is 5.56 Å². The lowest BCUT2D eigenvalue weighted by Gasteiger charge is -2.42. The molecule has 2 saturated heterocycles. The smallest absolute Gasteiger partial charge is 0.259 e. The number of amides is 1. The molecule has 2 aromatic rings. The van der Waals surface area contributed by atoms with Crippen LogP contribution in [0.3, 0.4) is 0 Å². The van der Waals surface area contributed by atoms with E-state index in [1.165, 1.54) is 10.7 Å². The summed E-state index contributed by atoms with van der Waals surface area (Å²) in [7, 11) is -1.24. The summed E-state index contributed by atoms with van der Waals surface area (Å²) in [4.78, 5) is 21.1. The van der Waals surface area contributed by atoms with Crippen LogP contribution in [0.25, 0.3) is 5.65 Å². The van der Waals surface area contributed by atoms with Crippen LogP contribution < -0.4 is 0 Å². The molecule has 4 heterocycles. The van der Waals surface area contributed by atoms with Gasteiger partial charge in [-0.1, -0.05) is 0 Å². The predicted octanol–water partition coefficient (Wildman–Crippen LogP) is -1.18. The molecule has 2 aromatic heterocycles. The van der Waals surface area contributed by atoms with Crippen molar-refractivity contribution in [3.8, 4) is 0 Å². The Hall–Kier alpha value is -2.04. The number of hydrogen-bond acceptors (Lipinski definition) is 7. The number of likely N-dealkylation sites (N-methyl/N-ethyl adjacent to an activating group) is 1. The van der Waals surface area contributed by atoms with E-state index in [9.17, 15) is 13.2 Å². The van der Waals surface area contributed by atoms with Crippen molar-refractivity contribution < 1.29 is 18.3 Å². The van der Waals surface area contributed by atoms with E-state index in [0.29, 0.717) is 30.7 Å². The van der Waals surface area contributed by atoms with Crippen molar-refractivity contribution in [3.63, 3.8) is 0 Å². The topological polar surface area (TPSA) is 108 Å². The van der Waals surface area contributed by atoms with Crippen LogP contribution in [0.15, 0.2) is 18.6 Å². The standard InChI is InChI=1S/C16H21N5O4S/c1-19-3-4-20(14-10-26(24,25)9-13(14)19)16(23)12-7-18-21-8-11(2-5-22)6-17-15(12)21/h6-8,13-14,22H,2-5,9-10H2,1H3/t13-,14+/m1/s1. The molecule has 0 bridgehead atoms. The van der Waals surface area contributed by atoms with Crippen LogP contribution in [0.4, 0.5) is 0 Å². The number of nitrogens with zero attached hydrogens (tertiary/aromatic N) is 5. The van der Waals surface area contributed by atoms with Gasteiger partial charge in [-0.15, -0.1) is 0 Å². The normalized spacial score (nSPS) is 25.5. The van der Waals surface area contributed by atoms with E-state index in [2.05, 4.69) is 10.1 Å². The van der Waals surface area contributed by atoms with Crippen LogP contribution in [0.5, 0.6) is 0 Å². The molecule has 2 aliphatic rings. The molecule has 0 aromatic carbocycles. The summed E-state index contributed by atoms with van der Waals surface area (Å²) < 4.78 is 25.7. The highest BCUT2D eigenvalue weighted by Crippen LogP contribution is 2.27. The molecule has 26 heavy (non-hydrogen) atoms. The van der Waals surface area contributed by atoms with E-state index in [-0.39, 0.29) is 36.1 Å². The minimum Gasteiger partial charge on any atom is -0.396 e. The first-order chi connectivity index (χ1) is 12.4. The van der Waals surface area contributed by atoms with E-state index in [1.807, 2.05) is 11.9 Å². The Morgan fingerprint density at radius 3 is 2.81 bits per heavy atom. The quantitative estimate of drug-likeness (QED) is 0.715. The Morgan fingerprint density at radius 1 is 1.27 bits per heavy atom. The lowest BCUT2D eigenvalue weighted by molar-refractivity contribution is 0.0411. The molecule has 0 aliphatic carbocycles. The van der Waals surface area contributed by atoms with Crippen LogP contribution in [-0.4, -0.2) is 94.2 Å². The van der Waals surface area contributed by atoms with Gasteiger partial charge < -0.3 is 10.0 Å². The van der Waals surface area contributed by atoms with Crippen LogP contribution in [0.2, 0.25) is 0 Å². The number of fused-ring (bicyclic) bond motifs is 2. The molecule has 1 N–H and O–H groups in total. The van der Waals surface area contributed by atoms with E-state index < -0.39 is 9.84 Å². The highest BCUT2D eigenvalue weighted by atomic mass is 32.2. The summed E-state index contributed by atoms with van der Waals surface area (Å²) in [6, 6.07) is -0.501. The fourth-order valence-corrected chi connectivity index (χ4v) is 5.91. The second-order valence-electron chi connectivity index (χ2n) is 6.95. The molecule has 10 heteroatoms.